The smallest absolute Gasteiger partial charge is 0.310 e. The third kappa shape index (κ3) is 3.84. The molecular weight excluding hydrogens is 226 g/mol. The summed E-state index contributed by atoms with van der Waals surface area (Å²) in [5.41, 5.74) is 2.35. The van der Waals surface area contributed by atoms with Crippen LogP contribution in [0, 0.1) is 0 Å². The Bertz CT molecular complexity index is 380. The molecule has 18 heavy (non-hydrogen) atoms. The van der Waals surface area contributed by atoms with E-state index in [1.807, 2.05) is 19.1 Å². The van der Waals surface area contributed by atoms with Crippen molar-refractivity contribution in [3.05, 3.63) is 35.4 Å². The lowest BCUT2D eigenvalue weighted by Crippen LogP contribution is -2.18. The highest BCUT2D eigenvalue weighted by Gasteiger charge is 2.11. The van der Waals surface area contributed by atoms with Gasteiger partial charge < -0.3 is 4.74 Å². The quantitative estimate of drug-likeness (QED) is 0.748. The number of benzene rings is 1. The van der Waals surface area contributed by atoms with E-state index in [1.54, 1.807) is 0 Å². The molecule has 0 spiro atoms. The summed E-state index contributed by atoms with van der Waals surface area (Å²) in [7, 11) is 0. The van der Waals surface area contributed by atoms with Crippen LogP contribution in [0.3, 0.4) is 0 Å². The van der Waals surface area contributed by atoms with Crippen LogP contribution in [-0.4, -0.2) is 30.6 Å². The van der Waals surface area contributed by atoms with Gasteiger partial charge in [-0.05, 0) is 44.0 Å². The van der Waals surface area contributed by atoms with Gasteiger partial charge in [0.05, 0.1) is 13.0 Å². The topological polar surface area (TPSA) is 29.5 Å². The van der Waals surface area contributed by atoms with Crippen LogP contribution in [0.4, 0.5) is 0 Å². The van der Waals surface area contributed by atoms with E-state index < -0.39 is 0 Å². The molecule has 1 aliphatic heterocycles. The normalized spacial score (nSPS) is 15.8. The molecule has 3 nitrogen and oxygen atoms in total. The first-order chi connectivity index (χ1) is 8.78. The average Bonchev–Trinajstić information content (AvgIpc) is 2.85. The number of carbonyl (C=O) groups excluding carboxylic acids is 1. The van der Waals surface area contributed by atoms with E-state index in [-0.39, 0.29) is 5.97 Å². The first-order valence-corrected chi connectivity index (χ1v) is 6.73. The number of likely N-dealkylation sites (tertiary alicyclic amines) is 1. The minimum Gasteiger partial charge on any atom is -0.466 e. The molecule has 1 heterocycles. The summed E-state index contributed by atoms with van der Waals surface area (Å²) >= 11 is 0. The van der Waals surface area contributed by atoms with Crippen molar-refractivity contribution in [2.75, 3.05) is 19.7 Å². The van der Waals surface area contributed by atoms with E-state index in [0.29, 0.717) is 13.0 Å². The van der Waals surface area contributed by atoms with E-state index in [0.717, 1.165) is 12.1 Å². The van der Waals surface area contributed by atoms with Gasteiger partial charge in [0.25, 0.3) is 0 Å². The van der Waals surface area contributed by atoms with Crippen molar-refractivity contribution in [2.24, 2.45) is 0 Å². The molecule has 0 aromatic heterocycles. The van der Waals surface area contributed by atoms with Gasteiger partial charge in [0, 0.05) is 6.54 Å². The number of rotatable bonds is 5. The van der Waals surface area contributed by atoms with Crippen molar-refractivity contribution >= 4 is 5.97 Å². The van der Waals surface area contributed by atoms with E-state index in [9.17, 15) is 4.79 Å². The molecule has 1 saturated heterocycles. The number of carbonyl (C=O) groups is 1. The Balaban J connectivity index is 1.86. The fourth-order valence-corrected chi connectivity index (χ4v) is 2.34. The third-order valence-electron chi connectivity index (χ3n) is 3.28. The van der Waals surface area contributed by atoms with Crippen molar-refractivity contribution in [3.8, 4) is 0 Å². The van der Waals surface area contributed by atoms with Crippen molar-refractivity contribution < 1.29 is 9.53 Å². The summed E-state index contributed by atoms with van der Waals surface area (Å²) < 4.78 is 4.94. The number of ether oxygens (including phenoxy) is 1. The summed E-state index contributed by atoms with van der Waals surface area (Å²) in [5.74, 6) is -0.148. The lowest BCUT2D eigenvalue weighted by molar-refractivity contribution is -0.142. The highest BCUT2D eigenvalue weighted by atomic mass is 16.5. The summed E-state index contributed by atoms with van der Waals surface area (Å²) in [5, 5.41) is 0. The molecule has 1 fully saturated rings. The van der Waals surface area contributed by atoms with Gasteiger partial charge in [-0.1, -0.05) is 24.3 Å². The molecule has 1 aromatic rings. The molecule has 1 aromatic carbocycles. The molecule has 0 amide bonds. The average molecular weight is 247 g/mol. The fourth-order valence-electron chi connectivity index (χ4n) is 2.34. The van der Waals surface area contributed by atoms with Crippen LogP contribution in [0.1, 0.15) is 30.9 Å². The molecule has 0 saturated carbocycles. The van der Waals surface area contributed by atoms with E-state index >= 15 is 0 Å². The molecule has 0 atom stereocenters. The Hall–Kier alpha value is -1.35. The first-order valence-electron chi connectivity index (χ1n) is 6.73. The monoisotopic (exact) mass is 247 g/mol. The van der Waals surface area contributed by atoms with Crippen molar-refractivity contribution in [2.45, 2.75) is 32.7 Å². The second-order valence-corrected chi connectivity index (χ2v) is 4.78. The lowest BCUT2D eigenvalue weighted by atomic mass is 10.1. The molecule has 98 valence electrons. The van der Waals surface area contributed by atoms with Gasteiger partial charge >= 0.3 is 5.97 Å². The van der Waals surface area contributed by atoms with Gasteiger partial charge in [-0.25, -0.2) is 0 Å². The summed E-state index contributed by atoms with van der Waals surface area (Å²) in [6, 6.07) is 8.30. The Labute approximate surface area is 109 Å². The van der Waals surface area contributed by atoms with Crippen molar-refractivity contribution in [1.82, 2.24) is 4.90 Å². The third-order valence-corrected chi connectivity index (χ3v) is 3.28. The highest BCUT2D eigenvalue weighted by Crippen LogP contribution is 2.13. The van der Waals surface area contributed by atoms with E-state index in [2.05, 4.69) is 17.0 Å². The van der Waals surface area contributed by atoms with Crippen LogP contribution in [-0.2, 0) is 22.5 Å². The largest absolute Gasteiger partial charge is 0.466 e. The molecule has 0 bridgehead atoms. The zero-order valence-electron chi connectivity index (χ0n) is 11.0. The first kappa shape index (κ1) is 13.1. The summed E-state index contributed by atoms with van der Waals surface area (Å²) in [6.07, 6.45) is 3.01. The van der Waals surface area contributed by atoms with Crippen LogP contribution >= 0.6 is 0 Å². The maximum Gasteiger partial charge on any atom is 0.310 e. The Morgan fingerprint density at radius 3 is 2.39 bits per heavy atom. The minimum absolute atomic E-state index is 0.148. The molecule has 0 radical (unpaired) electrons. The molecule has 1 aliphatic rings. The van der Waals surface area contributed by atoms with Crippen LogP contribution < -0.4 is 0 Å². The molecule has 3 heteroatoms. The van der Waals surface area contributed by atoms with Crippen molar-refractivity contribution in [1.29, 1.82) is 0 Å². The molecule has 0 N–H and O–H groups in total. The Kier molecular flexibility index (Phi) is 4.76. The number of nitrogens with zero attached hydrogens (tertiary/aromatic N) is 1. The van der Waals surface area contributed by atoms with Gasteiger partial charge in [-0.2, -0.15) is 0 Å². The van der Waals surface area contributed by atoms with E-state index in [4.69, 9.17) is 4.74 Å². The minimum atomic E-state index is -0.148. The SMILES string of the molecule is CCOC(=O)Cc1ccc(CN2CCCC2)cc1. The fraction of sp³-hybridized carbons (Fsp3) is 0.533. The second-order valence-electron chi connectivity index (χ2n) is 4.78. The second kappa shape index (κ2) is 6.55. The van der Waals surface area contributed by atoms with Crippen LogP contribution in [0.25, 0.3) is 0 Å². The van der Waals surface area contributed by atoms with Crippen LogP contribution in [0.15, 0.2) is 24.3 Å². The lowest BCUT2D eigenvalue weighted by Gasteiger charge is -2.14. The molecular formula is C15H21NO2. The Morgan fingerprint density at radius 1 is 1.17 bits per heavy atom. The zero-order chi connectivity index (χ0) is 12.8. The Morgan fingerprint density at radius 2 is 1.78 bits per heavy atom. The van der Waals surface area contributed by atoms with Gasteiger partial charge in [0.1, 0.15) is 0 Å². The standard InChI is InChI=1S/C15H21NO2/c1-2-18-15(17)11-13-5-7-14(8-6-13)12-16-9-3-4-10-16/h5-8H,2-4,9-12H2,1H3. The maximum absolute atomic E-state index is 11.3. The predicted molar refractivity (Wildman–Crippen MR) is 71.3 cm³/mol. The van der Waals surface area contributed by atoms with Gasteiger partial charge in [-0.3, -0.25) is 9.69 Å². The van der Waals surface area contributed by atoms with Gasteiger partial charge in [0.15, 0.2) is 0 Å². The molecule has 2 rings (SSSR count). The van der Waals surface area contributed by atoms with Crippen molar-refractivity contribution in [3.63, 3.8) is 0 Å². The number of hydrogen-bond acceptors (Lipinski definition) is 3. The highest BCUT2D eigenvalue weighted by molar-refractivity contribution is 5.72. The van der Waals surface area contributed by atoms with Crippen LogP contribution in [0.5, 0.6) is 0 Å². The van der Waals surface area contributed by atoms with Gasteiger partial charge in [-0.15, -0.1) is 0 Å². The number of esters is 1. The maximum atomic E-state index is 11.3. The molecule has 0 unspecified atom stereocenters. The summed E-state index contributed by atoms with van der Waals surface area (Å²) in [4.78, 5) is 13.8. The van der Waals surface area contributed by atoms with Gasteiger partial charge in [0.2, 0.25) is 0 Å². The molecule has 0 aliphatic carbocycles. The zero-order valence-corrected chi connectivity index (χ0v) is 11.0. The predicted octanol–water partition coefficient (Wildman–Crippen LogP) is 2.39. The summed E-state index contributed by atoms with van der Waals surface area (Å²) in [6.45, 7) is 5.73. The van der Waals surface area contributed by atoms with Crippen LogP contribution in [0.2, 0.25) is 0 Å². The number of hydrogen-bond donors (Lipinski definition) is 0. The van der Waals surface area contributed by atoms with E-state index in [1.165, 1.54) is 31.5 Å².